The van der Waals surface area contributed by atoms with Crippen molar-refractivity contribution in [3.8, 4) is 0 Å². The summed E-state index contributed by atoms with van der Waals surface area (Å²) in [7, 11) is 1.15. The number of nitro groups is 1. The molecule has 0 bridgehead atoms. The lowest BCUT2D eigenvalue weighted by atomic mass is 9.96. The number of nitro benzene ring substituents is 1. The van der Waals surface area contributed by atoms with E-state index in [1.165, 1.54) is 12.1 Å². The van der Waals surface area contributed by atoms with Gasteiger partial charge in [0.1, 0.15) is 5.69 Å². The minimum absolute atomic E-state index is 0.124. The van der Waals surface area contributed by atoms with Crippen molar-refractivity contribution in [2.45, 2.75) is 12.6 Å². The molecule has 1 aliphatic rings. The van der Waals surface area contributed by atoms with Gasteiger partial charge >= 0.3 is 18.1 Å². The molecule has 8 nitrogen and oxygen atoms in total. The van der Waals surface area contributed by atoms with Gasteiger partial charge in [0, 0.05) is 19.2 Å². The van der Waals surface area contributed by atoms with Gasteiger partial charge in [-0.05, 0) is 11.6 Å². The van der Waals surface area contributed by atoms with Crippen LogP contribution in [0.15, 0.2) is 18.2 Å². The van der Waals surface area contributed by atoms with E-state index in [0.29, 0.717) is 0 Å². The maximum Gasteiger partial charge on any atom is 0.394 e. The molecular weight excluding hydrogens is 361 g/mol. The molecule has 11 heteroatoms. The second-order valence-corrected chi connectivity index (χ2v) is 5.83. The fraction of sp³-hybridized carbons (Fsp3) is 0.467. The minimum Gasteiger partial charge on any atom is -0.481 e. The summed E-state index contributed by atoms with van der Waals surface area (Å²) >= 11 is 0. The first-order valence-corrected chi connectivity index (χ1v) is 7.43. The quantitative estimate of drug-likeness (QED) is 0.475. The topological polar surface area (TPSA) is 110 Å². The summed E-state index contributed by atoms with van der Waals surface area (Å²) < 4.78 is 43.7. The summed E-state index contributed by atoms with van der Waals surface area (Å²) in [5, 5.41) is 20.4. The predicted octanol–water partition coefficient (Wildman–Crippen LogP) is 2.01. The SMILES string of the molecule is COC(=O)Cc1ccc(N2C[C@@H](C(F)(F)F)[C@H](C(=O)O)C2)c([N+](=O)[O-])c1. The highest BCUT2D eigenvalue weighted by Crippen LogP contribution is 2.41. The maximum atomic E-state index is 13.1. The normalized spacial score (nSPS) is 20.1. The Kier molecular flexibility index (Phi) is 5.38. The number of carbonyl (C=O) groups is 2. The Labute approximate surface area is 145 Å². The van der Waals surface area contributed by atoms with Crippen LogP contribution >= 0.6 is 0 Å². The molecule has 1 aromatic rings. The van der Waals surface area contributed by atoms with E-state index in [2.05, 4.69) is 4.74 Å². The number of ether oxygens (including phenoxy) is 1. The van der Waals surface area contributed by atoms with E-state index in [1.54, 1.807) is 0 Å². The van der Waals surface area contributed by atoms with Gasteiger partial charge in [-0.25, -0.2) is 0 Å². The van der Waals surface area contributed by atoms with Crippen molar-refractivity contribution in [2.75, 3.05) is 25.1 Å². The van der Waals surface area contributed by atoms with Gasteiger partial charge in [0.15, 0.2) is 0 Å². The highest BCUT2D eigenvalue weighted by molar-refractivity contribution is 5.76. The molecule has 1 fully saturated rings. The Hall–Kier alpha value is -2.85. The Morgan fingerprint density at radius 1 is 1.38 bits per heavy atom. The predicted molar refractivity (Wildman–Crippen MR) is 81.7 cm³/mol. The van der Waals surface area contributed by atoms with Crippen LogP contribution in [0.1, 0.15) is 5.56 Å². The summed E-state index contributed by atoms with van der Waals surface area (Å²) in [5.41, 5.74) is -0.367. The monoisotopic (exact) mass is 376 g/mol. The third kappa shape index (κ3) is 4.03. The van der Waals surface area contributed by atoms with Gasteiger partial charge in [0.05, 0.1) is 30.3 Å². The lowest BCUT2D eigenvalue weighted by Crippen LogP contribution is -2.33. The Balaban J connectivity index is 2.37. The van der Waals surface area contributed by atoms with E-state index in [0.717, 1.165) is 18.1 Å². The molecular formula is C15H15F3N2O6. The summed E-state index contributed by atoms with van der Waals surface area (Å²) in [6.45, 7) is -1.20. The number of hydrogen-bond acceptors (Lipinski definition) is 6. The van der Waals surface area contributed by atoms with Crippen molar-refractivity contribution in [2.24, 2.45) is 11.8 Å². The molecule has 0 spiro atoms. The number of methoxy groups -OCH3 is 1. The third-order valence-electron chi connectivity index (χ3n) is 4.21. The van der Waals surface area contributed by atoms with E-state index in [9.17, 15) is 32.9 Å². The smallest absolute Gasteiger partial charge is 0.394 e. The number of rotatable bonds is 5. The maximum absolute atomic E-state index is 13.1. The van der Waals surface area contributed by atoms with Gasteiger partial charge < -0.3 is 14.7 Å². The van der Waals surface area contributed by atoms with Crippen molar-refractivity contribution >= 4 is 23.3 Å². The van der Waals surface area contributed by atoms with E-state index in [-0.39, 0.29) is 17.7 Å². The molecule has 2 rings (SSSR count). The van der Waals surface area contributed by atoms with Crippen LogP contribution in [0, 0.1) is 22.0 Å². The average molecular weight is 376 g/mol. The molecule has 2 atom stereocenters. The number of hydrogen-bond donors (Lipinski definition) is 1. The highest BCUT2D eigenvalue weighted by atomic mass is 19.4. The fourth-order valence-corrected chi connectivity index (χ4v) is 2.91. The van der Waals surface area contributed by atoms with Crippen LogP contribution in [-0.4, -0.2) is 48.3 Å². The van der Waals surface area contributed by atoms with Gasteiger partial charge in [0.25, 0.3) is 5.69 Å². The van der Waals surface area contributed by atoms with Crippen LogP contribution in [-0.2, 0) is 20.7 Å². The number of carboxylic acid groups (broad SMARTS) is 1. The highest BCUT2D eigenvalue weighted by Gasteiger charge is 2.53. The number of alkyl halides is 3. The van der Waals surface area contributed by atoms with Gasteiger partial charge in [-0.3, -0.25) is 19.7 Å². The van der Waals surface area contributed by atoms with Crippen LogP contribution in [0.4, 0.5) is 24.5 Å². The second kappa shape index (κ2) is 7.18. The molecule has 0 amide bonds. The number of carbonyl (C=O) groups excluding carboxylic acids is 1. The molecule has 1 saturated heterocycles. The number of aliphatic carboxylic acids is 1. The van der Waals surface area contributed by atoms with Crippen LogP contribution in [0.2, 0.25) is 0 Å². The average Bonchev–Trinajstić information content (AvgIpc) is 3.00. The van der Waals surface area contributed by atoms with Crippen molar-refractivity contribution in [3.63, 3.8) is 0 Å². The first kappa shape index (κ1) is 19.5. The van der Waals surface area contributed by atoms with E-state index >= 15 is 0 Å². The molecule has 1 aliphatic heterocycles. The first-order valence-electron chi connectivity index (χ1n) is 7.43. The number of benzene rings is 1. The van der Waals surface area contributed by atoms with E-state index in [4.69, 9.17) is 5.11 Å². The fourth-order valence-electron chi connectivity index (χ4n) is 2.91. The Bertz CT molecular complexity index is 737. The van der Waals surface area contributed by atoms with Gasteiger partial charge in [-0.2, -0.15) is 13.2 Å². The van der Waals surface area contributed by atoms with Crippen molar-refractivity contribution < 1.29 is 37.5 Å². The summed E-state index contributed by atoms with van der Waals surface area (Å²) in [6.07, 6.45) is -4.97. The molecule has 26 heavy (non-hydrogen) atoms. The molecule has 1 aromatic carbocycles. The molecule has 1 heterocycles. The van der Waals surface area contributed by atoms with Crippen LogP contribution in [0.5, 0.6) is 0 Å². The molecule has 1 N–H and O–H groups in total. The van der Waals surface area contributed by atoms with Crippen molar-refractivity contribution in [1.29, 1.82) is 0 Å². The van der Waals surface area contributed by atoms with Crippen LogP contribution in [0.25, 0.3) is 0 Å². The summed E-state index contributed by atoms with van der Waals surface area (Å²) in [5.74, 6) is -6.09. The van der Waals surface area contributed by atoms with E-state index in [1.807, 2.05) is 0 Å². The van der Waals surface area contributed by atoms with Crippen molar-refractivity contribution in [3.05, 3.63) is 33.9 Å². The number of halogens is 3. The van der Waals surface area contributed by atoms with Gasteiger partial charge in [0.2, 0.25) is 0 Å². The van der Waals surface area contributed by atoms with Crippen molar-refractivity contribution in [1.82, 2.24) is 0 Å². The standard InChI is InChI=1S/C15H15F3N2O6/c1-26-13(21)5-8-2-3-11(12(4-8)20(24)25)19-6-9(14(22)23)10(7-19)15(16,17)18/h2-4,9-10H,5-7H2,1H3,(H,22,23)/t9-,10-/m1/s1. The lowest BCUT2D eigenvalue weighted by Gasteiger charge is -2.20. The van der Waals surface area contributed by atoms with Crippen LogP contribution < -0.4 is 4.90 Å². The molecule has 0 unspecified atom stereocenters. The molecule has 0 radical (unpaired) electrons. The summed E-state index contributed by atoms with van der Waals surface area (Å²) in [6, 6.07) is 3.65. The Morgan fingerprint density at radius 3 is 2.50 bits per heavy atom. The van der Waals surface area contributed by atoms with Crippen LogP contribution in [0.3, 0.4) is 0 Å². The molecule has 0 saturated carbocycles. The summed E-state index contributed by atoms with van der Waals surface area (Å²) in [4.78, 5) is 34.0. The minimum atomic E-state index is -4.74. The van der Waals surface area contributed by atoms with E-state index < -0.39 is 53.7 Å². The zero-order valence-electron chi connectivity index (χ0n) is 13.5. The molecule has 142 valence electrons. The van der Waals surface area contributed by atoms with Gasteiger partial charge in [-0.1, -0.05) is 6.07 Å². The Morgan fingerprint density at radius 2 is 2.04 bits per heavy atom. The largest absolute Gasteiger partial charge is 0.481 e. The number of nitrogens with zero attached hydrogens (tertiary/aromatic N) is 2. The third-order valence-corrected chi connectivity index (χ3v) is 4.21. The molecule has 0 aromatic heterocycles. The molecule has 0 aliphatic carbocycles. The zero-order valence-corrected chi connectivity index (χ0v) is 13.5. The first-order chi connectivity index (χ1) is 12.0. The van der Waals surface area contributed by atoms with Gasteiger partial charge in [-0.15, -0.1) is 0 Å². The number of anilines is 1. The zero-order chi connectivity index (χ0) is 19.6. The lowest BCUT2D eigenvalue weighted by molar-refractivity contribution is -0.384. The number of carboxylic acids is 1. The second-order valence-electron chi connectivity index (χ2n) is 5.83. The number of esters is 1.